The van der Waals surface area contributed by atoms with E-state index >= 15 is 0 Å². The van der Waals surface area contributed by atoms with Crippen molar-refractivity contribution in [1.82, 2.24) is 20.2 Å². The van der Waals surface area contributed by atoms with E-state index in [0.717, 1.165) is 29.7 Å². The van der Waals surface area contributed by atoms with Gasteiger partial charge >= 0.3 is 0 Å². The summed E-state index contributed by atoms with van der Waals surface area (Å²) < 4.78 is 0. The highest BCUT2D eigenvalue weighted by molar-refractivity contribution is 5.88. The quantitative estimate of drug-likeness (QED) is 0.841. The van der Waals surface area contributed by atoms with Gasteiger partial charge in [-0.1, -0.05) is 5.22 Å². The Hall–Kier alpha value is -1.98. The molecule has 0 aromatic carbocycles. The molecule has 19 heavy (non-hydrogen) atoms. The zero-order chi connectivity index (χ0) is 13.2. The van der Waals surface area contributed by atoms with E-state index in [2.05, 4.69) is 25.5 Å². The van der Waals surface area contributed by atoms with Gasteiger partial charge in [-0.05, 0) is 44.7 Å². The van der Waals surface area contributed by atoms with Crippen LogP contribution in [0.25, 0.3) is 11.0 Å². The number of piperidine rings is 1. The molecular weight excluding hydrogens is 240 g/mol. The van der Waals surface area contributed by atoms with Crippen LogP contribution < -0.4 is 0 Å². The van der Waals surface area contributed by atoms with Gasteiger partial charge in [-0.2, -0.15) is 5.10 Å². The molecule has 0 spiro atoms. The number of H-pyrrole nitrogens is 1. The van der Waals surface area contributed by atoms with E-state index in [-0.39, 0.29) is 0 Å². The van der Waals surface area contributed by atoms with Gasteiger partial charge in [-0.15, -0.1) is 5.11 Å². The minimum atomic E-state index is 0.700. The van der Waals surface area contributed by atoms with Crippen LogP contribution in [0, 0.1) is 13.8 Å². The smallest absolute Gasteiger partial charge is 0.183 e. The van der Waals surface area contributed by atoms with Crippen LogP contribution >= 0.6 is 0 Å². The zero-order valence-corrected chi connectivity index (χ0v) is 11.3. The van der Waals surface area contributed by atoms with Crippen LogP contribution in [0.15, 0.2) is 16.4 Å². The summed E-state index contributed by atoms with van der Waals surface area (Å²) in [6.07, 6.45) is 3.69. The third-order valence-electron chi connectivity index (χ3n) is 3.43. The van der Waals surface area contributed by atoms with Gasteiger partial charge in [0.05, 0.1) is 5.39 Å². The fourth-order valence-electron chi connectivity index (χ4n) is 2.50. The fourth-order valence-corrected chi connectivity index (χ4v) is 2.50. The topological polar surface area (TPSA) is 69.5 Å². The van der Waals surface area contributed by atoms with Crippen LogP contribution in [0.4, 0.5) is 5.82 Å². The number of nitrogens with zero attached hydrogens (tertiary/aromatic N) is 5. The van der Waals surface area contributed by atoms with Gasteiger partial charge in [-0.3, -0.25) is 10.1 Å². The number of aromatic nitrogens is 3. The maximum atomic E-state index is 4.39. The highest BCUT2D eigenvalue weighted by Gasteiger charge is 2.11. The highest BCUT2D eigenvalue weighted by atomic mass is 15.5. The lowest BCUT2D eigenvalue weighted by Crippen LogP contribution is -2.23. The van der Waals surface area contributed by atoms with Crippen LogP contribution in [-0.2, 0) is 0 Å². The maximum absolute atomic E-state index is 4.39. The zero-order valence-electron chi connectivity index (χ0n) is 11.3. The average Bonchev–Trinajstić information content (AvgIpc) is 2.81. The van der Waals surface area contributed by atoms with Crippen LogP contribution in [0.3, 0.4) is 0 Å². The lowest BCUT2D eigenvalue weighted by Gasteiger charge is -2.21. The largest absolute Gasteiger partial charge is 0.278 e. The molecular formula is C13H18N6. The van der Waals surface area contributed by atoms with Gasteiger partial charge in [-0.25, -0.2) is 4.98 Å². The lowest BCUT2D eigenvalue weighted by atomic mass is 10.2. The van der Waals surface area contributed by atoms with Crippen LogP contribution in [0.5, 0.6) is 0 Å². The fraction of sp³-hybridized carbons (Fsp3) is 0.538. The highest BCUT2D eigenvalue weighted by Crippen LogP contribution is 2.26. The Kier molecular flexibility index (Phi) is 3.15. The van der Waals surface area contributed by atoms with Gasteiger partial charge in [0.15, 0.2) is 11.5 Å². The normalized spacial score (nSPS) is 16.6. The summed E-state index contributed by atoms with van der Waals surface area (Å²) in [6.45, 7) is 6.00. The second-order valence-electron chi connectivity index (χ2n) is 5.06. The summed E-state index contributed by atoms with van der Waals surface area (Å²) in [7, 11) is 0. The van der Waals surface area contributed by atoms with E-state index in [9.17, 15) is 0 Å². The van der Waals surface area contributed by atoms with Crippen molar-refractivity contribution in [2.45, 2.75) is 33.1 Å². The van der Waals surface area contributed by atoms with E-state index in [1.165, 1.54) is 19.3 Å². The molecule has 0 radical (unpaired) electrons. The molecule has 0 amide bonds. The molecule has 0 bridgehead atoms. The molecule has 2 aromatic heterocycles. The van der Waals surface area contributed by atoms with E-state index in [1.807, 2.05) is 24.9 Å². The summed E-state index contributed by atoms with van der Waals surface area (Å²) in [5, 5.41) is 18.7. The number of fused-ring (bicyclic) bond motifs is 1. The number of hydrogen-bond acceptors (Lipinski definition) is 4. The standard InChI is InChI=1S/C13H18N6/c1-9-8-10(2)14-12-11(9)13(16-15-12)17-18-19-6-4-3-5-7-19/h8H,3-7H2,1-2H3,(H,14,15,16)/b18-17+. The molecule has 100 valence electrons. The Bertz CT molecular complexity index is 609. The van der Waals surface area contributed by atoms with Gasteiger partial charge in [0.25, 0.3) is 0 Å². The number of nitrogens with one attached hydrogen (secondary N) is 1. The average molecular weight is 258 g/mol. The van der Waals surface area contributed by atoms with Crippen LogP contribution in [0.2, 0.25) is 0 Å². The van der Waals surface area contributed by atoms with Gasteiger partial charge in [0.2, 0.25) is 0 Å². The number of pyridine rings is 1. The number of aryl methyl sites for hydroxylation is 2. The van der Waals surface area contributed by atoms with Crippen molar-refractivity contribution in [3.05, 3.63) is 17.3 Å². The van der Waals surface area contributed by atoms with Crippen molar-refractivity contribution in [1.29, 1.82) is 0 Å². The van der Waals surface area contributed by atoms with Crippen LogP contribution in [0.1, 0.15) is 30.5 Å². The number of rotatable bonds is 2. The van der Waals surface area contributed by atoms with E-state index in [0.29, 0.717) is 11.5 Å². The van der Waals surface area contributed by atoms with Crippen LogP contribution in [-0.4, -0.2) is 33.3 Å². The van der Waals surface area contributed by atoms with E-state index in [1.54, 1.807) is 0 Å². The van der Waals surface area contributed by atoms with E-state index in [4.69, 9.17) is 0 Å². The minimum absolute atomic E-state index is 0.700. The molecule has 1 N–H and O–H groups in total. The van der Waals surface area contributed by atoms with Crippen molar-refractivity contribution >= 4 is 16.9 Å². The summed E-state index contributed by atoms with van der Waals surface area (Å²) in [5.41, 5.74) is 2.81. The summed E-state index contributed by atoms with van der Waals surface area (Å²) in [6, 6.07) is 2.04. The van der Waals surface area contributed by atoms with Crippen molar-refractivity contribution in [2.24, 2.45) is 10.3 Å². The molecule has 0 saturated carbocycles. The number of hydrogen-bond donors (Lipinski definition) is 1. The molecule has 2 aromatic rings. The molecule has 6 nitrogen and oxygen atoms in total. The molecule has 6 heteroatoms. The Morgan fingerprint density at radius 1 is 1.21 bits per heavy atom. The van der Waals surface area contributed by atoms with Crippen molar-refractivity contribution in [2.75, 3.05) is 13.1 Å². The summed E-state index contributed by atoms with van der Waals surface area (Å²) >= 11 is 0. The monoisotopic (exact) mass is 258 g/mol. The molecule has 0 aliphatic carbocycles. The molecule has 1 fully saturated rings. The number of aromatic amines is 1. The molecule has 1 aliphatic rings. The third-order valence-corrected chi connectivity index (χ3v) is 3.43. The lowest BCUT2D eigenvalue weighted by molar-refractivity contribution is 0.224. The molecule has 3 heterocycles. The molecule has 0 atom stereocenters. The van der Waals surface area contributed by atoms with Gasteiger partial charge in [0.1, 0.15) is 0 Å². The van der Waals surface area contributed by atoms with E-state index < -0.39 is 0 Å². The Morgan fingerprint density at radius 2 is 2.00 bits per heavy atom. The molecule has 1 saturated heterocycles. The second-order valence-corrected chi connectivity index (χ2v) is 5.06. The molecule has 3 rings (SSSR count). The summed E-state index contributed by atoms with van der Waals surface area (Å²) in [5.74, 6) is 0.700. The SMILES string of the molecule is Cc1cc(C)c2c(/N=N/N3CCCCC3)[nH]nc2n1. The van der Waals surface area contributed by atoms with Crippen molar-refractivity contribution < 1.29 is 0 Å². The maximum Gasteiger partial charge on any atom is 0.183 e. The Morgan fingerprint density at radius 3 is 2.79 bits per heavy atom. The first-order chi connectivity index (χ1) is 9.24. The van der Waals surface area contributed by atoms with Crippen molar-refractivity contribution in [3.8, 4) is 0 Å². The third kappa shape index (κ3) is 2.43. The Balaban J connectivity index is 1.90. The first-order valence-electron chi connectivity index (χ1n) is 6.73. The van der Waals surface area contributed by atoms with Crippen molar-refractivity contribution in [3.63, 3.8) is 0 Å². The molecule has 0 unspecified atom stereocenters. The minimum Gasteiger partial charge on any atom is -0.278 e. The summed E-state index contributed by atoms with van der Waals surface area (Å²) in [4.78, 5) is 4.39. The predicted molar refractivity (Wildman–Crippen MR) is 73.3 cm³/mol. The van der Waals surface area contributed by atoms with Gasteiger partial charge in [0, 0.05) is 18.8 Å². The first kappa shape index (κ1) is 12.1. The first-order valence-corrected chi connectivity index (χ1v) is 6.73. The molecule has 1 aliphatic heterocycles. The second kappa shape index (κ2) is 4.95. The Labute approximate surface area is 111 Å². The predicted octanol–water partition coefficient (Wildman–Crippen LogP) is 3.06. The van der Waals surface area contributed by atoms with Gasteiger partial charge < -0.3 is 0 Å².